The summed E-state index contributed by atoms with van der Waals surface area (Å²) >= 11 is 6.23. The van der Waals surface area contributed by atoms with Gasteiger partial charge in [-0.3, -0.25) is 14.4 Å². The number of amides is 1. The van der Waals surface area contributed by atoms with Crippen LogP contribution in [-0.2, 0) is 23.9 Å². The fourth-order valence-corrected chi connectivity index (χ4v) is 3.92. The van der Waals surface area contributed by atoms with Crippen molar-refractivity contribution in [3.8, 4) is 0 Å². The van der Waals surface area contributed by atoms with Crippen molar-refractivity contribution >= 4 is 41.9 Å². The van der Waals surface area contributed by atoms with Gasteiger partial charge in [-0.15, -0.1) is 12.4 Å². The number of carbonyl (C=O) groups is 3. The normalized spacial score (nSPS) is 19.3. The van der Waals surface area contributed by atoms with Crippen LogP contribution in [0.1, 0.15) is 50.6 Å². The first kappa shape index (κ1) is 28.0. The van der Waals surface area contributed by atoms with Crippen LogP contribution in [0.15, 0.2) is 24.3 Å². The summed E-state index contributed by atoms with van der Waals surface area (Å²) < 4.78 is 46.6. The van der Waals surface area contributed by atoms with Gasteiger partial charge in [-0.25, -0.2) is 0 Å². The van der Waals surface area contributed by atoms with Gasteiger partial charge in [0.2, 0.25) is 5.91 Å². The van der Waals surface area contributed by atoms with Gasteiger partial charge in [-0.1, -0.05) is 42.6 Å². The van der Waals surface area contributed by atoms with Gasteiger partial charge in [0, 0.05) is 5.02 Å². The van der Waals surface area contributed by atoms with Gasteiger partial charge in [0.1, 0.15) is 0 Å². The van der Waals surface area contributed by atoms with E-state index in [1.165, 1.54) is 0 Å². The molecule has 0 radical (unpaired) electrons. The predicted molar refractivity (Wildman–Crippen MR) is 113 cm³/mol. The van der Waals surface area contributed by atoms with Gasteiger partial charge in [0.15, 0.2) is 6.61 Å². The van der Waals surface area contributed by atoms with Crippen LogP contribution in [0.25, 0.3) is 0 Å². The third-order valence-corrected chi connectivity index (χ3v) is 5.40. The first-order valence-corrected chi connectivity index (χ1v) is 10.4. The van der Waals surface area contributed by atoms with E-state index in [-0.39, 0.29) is 31.9 Å². The Kier molecular flexibility index (Phi) is 11.3. The standard InChI is InChI=1S/C21H25ClF3NO5.ClH/c1-2-30-18(27)11-17(15-9-5-6-10-16(15)22)26-19(28)13-7-3-4-8-14(13)20(29)31-12-21(23,24)25;/h5-6,9-10,13-14,17H,2-4,7-8,11-12H2,1H3,(H,26,28);1H. The van der Waals surface area contributed by atoms with E-state index in [0.29, 0.717) is 29.8 Å². The van der Waals surface area contributed by atoms with Crippen LogP contribution in [0, 0.1) is 11.8 Å². The lowest BCUT2D eigenvalue weighted by molar-refractivity contribution is -0.191. The monoisotopic (exact) mass is 499 g/mol. The molecule has 0 aliphatic heterocycles. The molecule has 0 saturated heterocycles. The average Bonchev–Trinajstić information content (AvgIpc) is 2.71. The highest BCUT2D eigenvalue weighted by Crippen LogP contribution is 2.33. The van der Waals surface area contributed by atoms with E-state index in [9.17, 15) is 27.6 Å². The van der Waals surface area contributed by atoms with Crippen LogP contribution in [0.4, 0.5) is 13.2 Å². The van der Waals surface area contributed by atoms with Crippen LogP contribution in [0.3, 0.4) is 0 Å². The summed E-state index contributed by atoms with van der Waals surface area (Å²) in [6, 6.07) is 5.85. The molecule has 1 amide bonds. The molecule has 180 valence electrons. The van der Waals surface area contributed by atoms with Crippen LogP contribution in [-0.4, -0.2) is 37.2 Å². The third-order valence-electron chi connectivity index (χ3n) is 5.06. The Balaban J connectivity index is 0.00000512. The predicted octanol–water partition coefficient (Wildman–Crippen LogP) is 4.78. The molecule has 0 spiro atoms. The molecule has 1 N–H and O–H groups in total. The summed E-state index contributed by atoms with van der Waals surface area (Å²) in [5, 5.41) is 3.07. The smallest absolute Gasteiger partial charge is 0.422 e. The number of ether oxygens (including phenoxy) is 2. The Morgan fingerprint density at radius 3 is 2.34 bits per heavy atom. The number of esters is 2. The lowest BCUT2D eigenvalue weighted by atomic mass is 9.78. The first-order chi connectivity index (χ1) is 14.6. The molecular formula is C21H26Cl2F3NO5. The molecule has 1 aliphatic rings. The Morgan fingerprint density at radius 1 is 1.12 bits per heavy atom. The topological polar surface area (TPSA) is 81.7 Å². The molecular weight excluding hydrogens is 474 g/mol. The maximum atomic E-state index is 13.0. The van der Waals surface area contributed by atoms with Gasteiger partial charge in [-0.2, -0.15) is 13.2 Å². The van der Waals surface area contributed by atoms with Crippen LogP contribution < -0.4 is 5.32 Å². The van der Waals surface area contributed by atoms with Gasteiger partial charge in [-0.05, 0) is 31.4 Å². The molecule has 0 aromatic heterocycles. The average molecular weight is 500 g/mol. The number of rotatable bonds is 8. The van der Waals surface area contributed by atoms with E-state index in [1.54, 1.807) is 31.2 Å². The van der Waals surface area contributed by atoms with E-state index in [2.05, 4.69) is 10.1 Å². The maximum Gasteiger partial charge on any atom is 0.422 e. The number of benzene rings is 1. The fraction of sp³-hybridized carbons (Fsp3) is 0.571. The van der Waals surface area contributed by atoms with Crippen molar-refractivity contribution in [2.75, 3.05) is 13.2 Å². The van der Waals surface area contributed by atoms with Gasteiger partial charge >= 0.3 is 18.1 Å². The van der Waals surface area contributed by atoms with Crippen molar-refractivity contribution in [3.63, 3.8) is 0 Å². The molecule has 1 aliphatic carbocycles. The zero-order valence-corrected chi connectivity index (χ0v) is 19.0. The number of hydrogen-bond acceptors (Lipinski definition) is 5. The van der Waals surface area contributed by atoms with Crippen LogP contribution in [0.5, 0.6) is 0 Å². The molecule has 3 atom stereocenters. The van der Waals surface area contributed by atoms with Crippen molar-refractivity contribution in [1.82, 2.24) is 5.32 Å². The first-order valence-electron chi connectivity index (χ1n) is 10.1. The molecule has 1 fully saturated rings. The Hall–Kier alpha value is -2.00. The minimum absolute atomic E-state index is 0. The number of hydrogen-bond donors (Lipinski definition) is 1. The molecule has 2 rings (SSSR count). The SMILES string of the molecule is CCOC(=O)CC(NC(=O)C1CCCCC1C(=O)OCC(F)(F)F)c1ccccc1Cl.Cl. The van der Waals surface area contributed by atoms with Crippen molar-refractivity contribution < 1.29 is 37.0 Å². The van der Waals surface area contributed by atoms with Gasteiger partial charge in [0.25, 0.3) is 0 Å². The Labute approximate surface area is 195 Å². The lowest BCUT2D eigenvalue weighted by Gasteiger charge is -2.30. The highest BCUT2D eigenvalue weighted by Gasteiger charge is 2.39. The van der Waals surface area contributed by atoms with E-state index < -0.39 is 48.5 Å². The van der Waals surface area contributed by atoms with E-state index in [4.69, 9.17) is 16.3 Å². The second kappa shape index (κ2) is 12.9. The molecule has 1 saturated carbocycles. The lowest BCUT2D eigenvalue weighted by Crippen LogP contribution is -2.42. The molecule has 11 heteroatoms. The third kappa shape index (κ3) is 8.50. The quantitative estimate of drug-likeness (QED) is 0.520. The number of alkyl halides is 3. The van der Waals surface area contributed by atoms with Crippen molar-refractivity contribution in [3.05, 3.63) is 34.9 Å². The summed E-state index contributed by atoms with van der Waals surface area (Å²) in [4.78, 5) is 37.3. The van der Waals surface area contributed by atoms with E-state index in [0.717, 1.165) is 0 Å². The van der Waals surface area contributed by atoms with Crippen molar-refractivity contribution in [2.24, 2.45) is 11.8 Å². The molecule has 0 bridgehead atoms. The van der Waals surface area contributed by atoms with Gasteiger partial charge in [0.05, 0.1) is 30.9 Å². The number of nitrogens with one attached hydrogen (secondary N) is 1. The summed E-state index contributed by atoms with van der Waals surface area (Å²) in [5.41, 5.74) is 0.498. The second-order valence-corrected chi connectivity index (χ2v) is 7.72. The summed E-state index contributed by atoms with van der Waals surface area (Å²) in [6.45, 7) is 0.125. The Morgan fingerprint density at radius 2 is 1.75 bits per heavy atom. The number of halogens is 5. The largest absolute Gasteiger partial charge is 0.466 e. The molecule has 1 aromatic carbocycles. The molecule has 1 aromatic rings. The van der Waals surface area contributed by atoms with E-state index >= 15 is 0 Å². The van der Waals surface area contributed by atoms with Crippen molar-refractivity contribution in [1.29, 1.82) is 0 Å². The Bertz CT molecular complexity index is 791. The minimum atomic E-state index is -4.64. The zero-order chi connectivity index (χ0) is 23.0. The number of carbonyl (C=O) groups excluding carboxylic acids is 3. The van der Waals surface area contributed by atoms with Gasteiger partial charge < -0.3 is 14.8 Å². The van der Waals surface area contributed by atoms with E-state index in [1.807, 2.05) is 0 Å². The van der Waals surface area contributed by atoms with Crippen LogP contribution in [0.2, 0.25) is 5.02 Å². The highest BCUT2D eigenvalue weighted by molar-refractivity contribution is 6.31. The highest BCUT2D eigenvalue weighted by atomic mass is 35.5. The fourth-order valence-electron chi connectivity index (χ4n) is 3.65. The van der Waals surface area contributed by atoms with Crippen molar-refractivity contribution in [2.45, 2.75) is 51.2 Å². The van der Waals surface area contributed by atoms with Crippen LogP contribution >= 0.6 is 24.0 Å². The molecule has 32 heavy (non-hydrogen) atoms. The second-order valence-electron chi connectivity index (χ2n) is 7.31. The maximum absolute atomic E-state index is 13.0. The molecule has 3 unspecified atom stereocenters. The summed E-state index contributed by atoms with van der Waals surface area (Å²) in [5.74, 6) is -3.97. The molecule has 0 heterocycles. The molecule has 6 nitrogen and oxygen atoms in total. The zero-order valence-electron chi connectivity index (χ0n) is 17.5. The minimum Gasteiger partial charge on any atom is -0.466 e. The summed E-state index contributed by atoms with van der Waals surface area (Å²) in [7, 11) is 0. The summed E-state index contributed by atoms with van der Waals surface area (Å²) in [6.07, 6.45) is -2.99.